The lowest BCUT2D eigenvalue weighted by Crippen LogP contribution is -2.16. The molecule has 1 saturated carbocycles. The number of allylic oxidation sites excluding steroid dienone is 1. The summed E-state index contributed by atoms with van der Waals surface area (Å²) < 4.78 is 4.65. The van der Waals surface area contributed by atoms with Crippen molar-refractivity contribution in [3.8, 4) is 0 Å². The van der Waals surface area contributed by atoms with Gasteiger partial charge in [-0.05, 0) is 44.4 Å². The molecule has 3 nitrogen and oxygen atoms in total. The number of methoxy groups -OCH3 is 1. The Balaban J connectivity index is 2.44. The molecule has 3 heteroatoms. The van der Waals surface area contributed by atoms with Gasteiger partial charge in [0.25, 0.3) is 0 Å². The predicted octanol–water partition coefficient (Wildman–Crippen LogP) is 1.90. The molecule has 0 amide bonds. The van der Waals surface area contributed by atoms with Crippen LogP contribution in [0.2, 0.25) is 0 Å². The highest BCUT2D eigenvalue weighted by molar-refractivity contribution is 5.87. The third kappa shape index (κ3) is 3.67. The van der Waals surface area contributed by atoms with Crippen molar-refractivity contribution in [1.82, 2.24) is 0 Å². The number of rotatable bonds is 3. The van der Waals surface area contributed by atoms with Crippen LogP contribution in [0.1, 0.15) is 32.6 Å². The van der Waals surface area contributed by atoms with Gasteiger partial charge in [0.1, 0.15) is 0 Å². The van der Waals surface area contributed by atoms with Crippen molar-refractivity contribution in [2.75, 3.05) is 13.7 Å². The lowest BCUT2D eigenvalue weighted by Gasteiger charge is -2.25. The quantitative estimate of drug-likeness (QED) is 0.574. The molecule has 0 spiro atoms. The van der Waals surface area contributed by atoms with Crippen LogP contribution >= 0.6 is 0 Å². The van der Waals surface area contributed by atoms with E-state index in [2.05, 4.69) is 4.74 Å². The Morgan fingerprint density at radius 2 is 2.00 bits per heavy atom. The third-order valence-electron chi connectivity index (χ3n) is 3.14. The number of hydrogen-bond donors (Lipinski definition) is 1. The first-order chi connectivity index (χ1) is 7.17. The molecule has 1 N–H and O–H groups in total. The highest BCUT2D eigenvalue weighted by atomic mass is 16.5. The summed E-state index contributed by atoms with van der Waals surface area (Å²) in [5.41, 5.74) is 0.699. The fourth-order valence-corrected chi connectivity index (χ4v) is 2.12. The molecule has 0 atom stereocenters. The molecule has 0 radical (unpaired) electrons. The number of ether oxygens (including phenoxy) is 1. The van der Waals surface area contributed by atoms with Crippen molar-refractivity contribution >= 4 is 5.97 Å². The Kier molecular flexibility index (Phi) is 4.82. The van der Waals surface area contributed by atoms with E-state index in [9.17, 15) is 4.79 Å². The number of carbonyl (C=O) groups excluding carboxylic acids is 1. The van der Waals surface area contributed by atoms with Gasteiger partial charge in [-0.3, -0.25) is 0 Å². The highest BCUT2D eigenvalue weighted by Gasteiger charge is 2.19. The summed E-state index contributed by atoms with van der Waals surface area (Å²) >= 11 is 0. The molecule has 1 aliphatic rings. The summed E-state index contributed by atoms with van der Waals surface area (Å²) in [6.45, 7) is 2.09. The molecule has 0 unspecified atom stereocenters. The van der Waals surface area contributed by atoms with Gasteiger partial charge >= 0.3 is 5.97 Å². The molecule has 86 valence electrons. The zero-order valence-corrected chi connectivity index (χ0v) is 9.53. The lowest BCUT2D eigenvalue weighted by molar-refractivity contribution is -0.136. The van der Waals surface area contributed by atoms with Gasteiger partial charge in [0.05, 0.1) is 7.11 Å². The summed E-state index contributed by atoms with van der Waals surface area (Å²) in [6, 6.07) is 0. The van der Waals surface area contributed by atoms with Crippen LogP contribution in [-0.4, -0.2) is 24.8 Å². The summed E-state index contributed by atoms with van der Waals surface area (Å²) in [5.74, 6) is 0.708. The Bertz CT molecular complexity index is 237. The van der Waals surface area contributed by atoms with E-state index in [-0.39, 0.29) is 5.97 Å². The minimum atomic E-state index is -0.237. The molecule has 15 heavy (non-hydrogen) atoms. The van der Waals surface area contributed by atoms with Crippen molar-refractivity contribution in [3.05, 3.63) is 11.6 Å². The van der Waals surface area contributed by atoms with Gasteiger partial charge in [-0.15, -0.1) is 0 Å². The maximum Gasteiger partial charge on any atom is 0.333 e. The van der Waals surface area contributed by atoms with E-state index < -0.39 is 0 Å². The predicted molar refractivity (Wildman–Crippen MR) is 58.3 cm³/mol. The zero-order valence-electron chi connectivity index (χ0n) is 9.53. The maximum atomic E-state index is 11.2. The Morgan fingerprint density at radius 1 is 1.40 bits per heavy atom. The van der Waals surface area contributed by atoms with E-state index in [0.717, 1.165) is 25.7 Å². The molecule has 1 aliphatic carbocycles. The van der Waals surface area contributed by atoms with Crippen molar-refractivity contribution < 1.29 is 14.6 Å². The fourth-order valence-electron chi connectivity index (χ4n) is 2.12. The van der Waals surface area contributed by atoms with E-state index in [0.29, 0.717) is 24.0 Å². The first-order valence-electron chi connectivity index (χ1n) is 5.55. The molecule has 0 bridgehead atoms. The van der Waals surface area contributed by atoms with Gasteiger partial charge in [-0.2, -0.15) is 0 Å². The largest absolute Gasteiger partial charge is 0.466 e. The summed E-state index contributed by atoms with van der Waals surface area (Å²) in [6.07, 6.45) is 6.27. The van der Waals surface area contributed by atoms with Gasteiger partial charge < -0.3 is 9.84 Å². The van der Waals surface area contributed by atoms with Crippen LogP contribution in [0.15, 0.2) is 11.6 Å². The summed E-state index contributed by atoms with van der Waals surface area (Å²) in [7, 11) is 1.41. The number of aliphatic hydroxyl groups is 1. The second kappa shape index (κ2) is 5.91. The van der Waals surface area contributed by atoms with E-state index in [1.54, 1.807) is 6.92 Å². The van der Waals surface area contributed by atoms with Crippen molar-refractivity contribution in [2.45, 2.75) is 32.6 Å². The van der Waals surface area contributed by atoms with E-state index >= 15 is 0 Å². The molecule has 1 fully saturated rings. The van der Waals surface area contributed by atoms with Gasteiger partial charge in [0.15, 0.2) is 0 Å². The van der Waals surface area contributed by atoms with Crippen LogP contribution in [0.25, 0.3) is 0 Å². The van der Waals surface area contributed by atoms with Gasteiger partial charge in [0.2, 0.25) is 0 Å². The second-order valence-electron chi connectivity index (χ2n) is 4.30. The summed E-state index contributed by atoms with van der Waals surface area (Å²) in [4.78, 5) is 11.2. The van der Waals surface area contributed by atoms with Crippen molar-refractivity contribution in [3.63, 3.8) is 0 Å². The minimum absolute atomic E-state index is 0.237. The van der Waals surface area contributed by atoms with Gasteiger partial charge in [-0.25, -0.2) is 4.79 Å². The molecule has 1 rings (SSSR count). The topological polar surface area (TPSA) is 46.5 Å². The van der Waals surface area contributed by atoms with Gasteiger partial charge in [-0.1, -0.05) is 6.08 Å². The van der Waals surface area contributed by atoms with E-state index in [1.165, 1.54) is 7.11 Å². The molecular formula is C12H20O3. The highest BCUT2D eigenvalue weighted by Crippen LogP contribution is 2.29. The normalized spacial score (nSPS) is 27.5. The Morgan fingerprint density at radius 3 is 2.47 bits per heavy atom. The van der Waals surface area contributed by atoms with Crippen LogP contribution in [0, 0.1) is 11.8 Å². The maximum absolute atomic E-state index is 11.2. The minimum Gasteiger partial charge on any atom is -0.466 e. The standard InChI is InChI=1S/C12H20O3/c1-9(12(14)15-2)7-10-3-5-11(8-13)6-4-10/h7,10-11,13H,3-6,8H2,1-2H3/b9-7+. The fraction of sp³-hybridized carbons (Fsp3) is 0.750. The zero-order chi connectivity index (χ0) is 11.3. The second-order valence-corrected chi connectivity index (χ2v) is 4.30. The van der Waals surface area contributed by atoms with Crippen molar-refractivity contribution in [1.29, 1.82) is 0 Å². The number of esters is 1. The SMILES string of the molecule is COC(=O)/C(C)=C/C1CCC(CO)CC1. The smallest absolute Gasteiger partial charge is 0.333 e. The van der Waals surface area contributed by atoms with Crippen LogP contribution in [-0.2, 0) is 9.53 Å². The van der Waals surface area contributed by atoms with Crippen LogP contribution in [0.5, 0.6) is 0 Å². The first-order valence-corrected chi connectivity index (χ1v) is 5.55. The van der Waals surface area contributed by atoms with Crippen LogP contribution in [0.3, 0.4) is 0 Å². The monoisotopic (exact) mass is 212 g/mol. The Labute approximate surface area is 91.1 Å². The lowest BCUT2D eigenvalue weighted by atomic mass is 9.82. The van der Waals surface area contributed by atoms with Crippen molar-refractivity contribution in [2.24, 2.45) is 11.8 Å². The van der Waals surface area contributed by atoms with Crippen LogP contribution in [0.4, 0.5) is 0 Å². The molecule has 0 aromatic carbocycles. The van der Waals surface area contributed by atoms with Gasteiger partial charge in [0, 0.05) is 12.2 Å². The molecule has 0 heterocycles. The molecule has 0 saturated heterocycles. The number of carbonyl (C=O) groups is 1. The molecule has 0 aromatic heterocycles. The number of hydrogen-bond acceptors (Lipinski definition) is 3. The average Bonchev–Trinajstić information content (AvgIpc) is 2.29. The first kappa shape index (κ1) is 12.2. The van der Waals surface area contributed by atoms with Crippen LogP contribution < -0.4 is 0 Å². The summed E-state index contributed by atoms with van der Waals surface area (Å²) in [5, 5.41) is 9.00. The average molecular weight is 212 g/mol. The third-order valence-corrected chi connectivity index (χ3v) is 3.14. The van der Waals surface area contributed by atoms with E-state index in [4.69, 9.17) is 5.11 Å². The molecule has 0 aliphatic heterocycles. The van der Waals surface area contributed by atoms with E-state index in [1.807, 2.05) is 6.08 Å². The molecule has 0 aromatic rings. The molecular weight excluding hydrogens is 192 g/mol. The number of aliphatic hydroxyl groups excluding tert-OH is 1. The Hall–Kier alpha value is -0.830.